The molecule has 1 unspecified atom stereocenters. The minimum absolute atomic E-state index is 0. The highest BCUT2D eigenvalue weighted by atomic mass is 19.4. The van der Waals surface area contributed by atoms with Gasteiger partial charge < -0.3 is 11.5 Å². The molecule has 0 spiro atoms. The van der Waals surface area contributed by atoms with Crippen molar-refractivity contribution >= 4 is 0 Å². The first-order valence-corrected chi connectivity index (χ1v) is 2.88. The average Bonchev–Trinajstić information content (AvgIpc) is 2.08. The van der Waals surface area contributed by atoms with Crippen molar-refractivity contribution in [2.75, 3.05) is 13.1 Å². The third-order valence-electron chi connectivity index (χ3n) is 1.52. The van der Waals surface area contributed by atoms with Crippen molar-refractivity contribution in [3.63, 3.8) is 0 Å². The van der Waals surface area contributed by atoms with Crippen LogP contribution in [0, 0.1) is 5.92 Å². The molecule has 1 atom stereocenters. The van der Waals surface area contributed by atoms with Crippen LogP contribution in [0.25, 0.3) is 0 Å². The fourth-order valence-corrected chi connectivity index (χ4v) is 0.934. The Kier molecular flexibility index (Phi) is 3.11. The van der Waals surface area contributed by atoms with Gasteiger partial charge in [0.1, 0.15) is 0 Å². The van der Waals surface area contributed by atoms with Crippen LogP contribution in [0.15, 0.2) is 0 Å². The maximum absolute atomic E-state index is 11.7. The minimum Gasteiger partial charge on any atom is -0.344 e. The molecule has 62 valence electrons. The maximum atomic E-state index is 11.7. The Hall–Kier alpha value is -0.290. The van der Waals surface area contributed by atoms with E-state index >= 15 is 0 Å². The van der Waals surface area contributed by atoms with Gasteiger partial charge in [0.2, 0.25) is 0 Å². The van der Waals surface area contributed by atoms with E-state index in [0.717, 1.165) is 0 Å². The highest BCUT2D eigenvalue weighted by molar-refractivity contribution is 4.76. The van der Waals surface area contributed by atoms with Crippen molar-refractivity contribution in [1.29, 1.82) is 0 Å². The average molecular weight is 156 g/mol. The van der Waals surface area contributed by atoms with E-state index in [1.54, 1.807) is 0 Å². The molecule has 0 aromatic carbocycles. The standard InChI is InChI=1S/C5H8F3N.H3N/c6-5(7,8)4-1-2-9-3-4;/h4,9H,1-3H2;1H3. The van der Waals surface area contributed by atoms with Crippen molar-refractivity contribution < 1.29 is 13.2 Å². The molecule has 2 nitrogen and oxygen atoms in total. The van der Waals surface area contributed by atoms with E-state index in [2.05, 4.69) is 5.32 Å². The first-order valence-electron chi connectivity index (χ1n) is 2.88. The van der Waals surface area contributed by atoms with Gasteiger partial charge in [-0.3, -0.25) is 0 Å². The molecule has 4 N–H and O–H groups in total. The second-order valence-corrected chi connectivity index (χ2v) is 2.23. The van der Waals surface area contributed by atoms with E-state index in [4.69, 9.17) is 0 Å². The third kappa shape index (κ3) is 2.15. The Labute approximate surface area is 57.4 Å². The van der Waals surface area contributed by atoms with Gasteiger partial charge in [0.15, 0.2) is 0 Å². The van der Waals surface area contributed by atoms with Crippen LogP contribution in [-0.2, 0) is 0 Å². The molecule has 10 heavy (non-hydrogen) atoms. The number of hydrogen-bond donors (Lipinski definition) is 2. The van der Waals surface area contributed by atoms with Crippen molar-refractivity contribution in [1.82, 2.24) is 11.5 Å². The largest absolute Gasteiger partial charge is 0.393 e. The van der Waals surface area contributed by atoms with Crippen LogP contribution in [0.4, 0.5) is 13.2 Å². The van der Waals surface area contributed by atoms with E-state index in [0.29, 0.717) is 6.54 Å². The summed E-state index contributed by atoms with van der Waals surface area (Å²) in [5, 5.41) is 2.66. The topological polar surface area (TPSA) is 47.0 Å². The first-order chi connectivity index (χ1) is 4.11. The molecule has 0 saturated carbocycles. The molecule has 5 heteroatoms. The molecule has 1 fully saturated rings. The van der Waals surface area contributed by atoms with Crippen LogP contribution in [0.2, 0.25) is 0 Å². The molecule has 0 aromatic heterocycles. The number of rotatable bonds is 0. The van der Waals surface area contributed by atoms with Crippen LogP contribution < -0.4 is 11.5 Å². The van der Waals surface area contributed by atoms with Gasteiger partial charge in [-0.2, -0.15) is 13.2 Å². The summed E-state index contributed by atoms with van der Waals surface area (Å²) in [6.07, 6.45) is -3.74. The van der Waals surface area contributed by atoms with E-state index in [-0.39, 0.29) is 19.1 Å². The molecule has 1 aliphatic rings. The summed E-state index contributed by atoms with van der Waals surface area (Å²) in [5.74, 6) is -1.10. The lowest BCUT2D eigenvalue weighted by Gasteiger charge is -2.11. The van der Waals surface area contributed by atoms with Crippen LogP contribution in [0.3, 0.4) is 0 Å². The van der Waals surface area contributed by atoms with Crippen molar-refractivity contribution in [3.8, 4) is 0 Å². The van der Waals surface area contributed by atoms with Gasteiger partial charge in [-0.25, -0.2) is 0 Å². The number of alkyl halides is 3. The molecule has 0 bridgehead atoms. The molecular formula is C5H11F3N2. The molecule has 0 radical (unpaired) electrons. The molecule has 1 heterocycles. The van der Waals surface area contributed by atoms with Gasteiger partial charge >= 0.3 is 6.18 Å². The van der Waals surface area contributed by atoms with Crippen molar-refractivity contribution in [2.45, 2.75) is 12.6 Å². The second kappa shape index (κ2) is 3.21. The van der Waals surface area contributed by atoms with Gasteiger partial charge in [0.05, 0.1) is 5.92 Å². The normalized spacial score (nSPS) is 26.1. The van der Waals surface area contributed by atoms with Gasteiger partial charge in [-0.1, -0.05) is 0 Å². The Balaban J connectivity index is 0.000000810. The first kappa shape index (κ1) is 9.71. The second-order valence-electron chi connectivity index (χ2n) is 2.23. The van der Waals surface area contributed by atoms with Gasteiger partial charge in [0.25, 0.3) is 0 Å². The molecule has 1 rings (SSSR count). The fourth-order valence-electron chi connectivity index (χ4n) is 0.934. The summed E-state index contributed by atoms with van der Waals surface area (Å²) in [6, 6.07) is 0. The van der Waals surface area contributed by atoms with E-state index in [1.165, 1.54) is 0 Å². The van der Waals surface area contributed by atoms with Crippen molar-refractivity contribution in [2.24, 2.45) is 5.92 Å². The molecule has 1 aliphatic heterocycles. The zero-order valence-electron chi connectivity index (χ0n) is 5.54. The summed E-state index contributed by atoms with van der Waals surface area (Å²) < 4.78 is 35.2. The summed E-state index contributed by atoms with van der Waals surface area (Å²) >= 11 is 0. The summed E-state index contributed by atoms with van der Waals surface area (Å²) in [7, 11) is 0. The summed E-state index contributed by atoms with van der Waals surface area (Å²) in [6.45, 7) is 0.605. The van der Waals surface area contributed by atoms with Gasteiger partial charge in [-0.15, -0.1) is 0 Å². The molecule has 1 saturated heterocycles. The maximum Gasteiger partial charge on any atom is 0.393 e. The van der Waals surface area contributed by atoms with Gasteiger partial charge in [-0.05, 0) is 13.0 Å². The third-order valence-corrected chi connectivity index (χ3v) is 1.52. The zero-order valence-corrected chi connectivity index (χ0v) is 5.54. The Morgan fingerprint density at radius 3 is 2.10 bits per heavy atom. The summed E-state index contributed by atoms with van der Waals surface area (Å²) in [5.41, 5.74) is 0. The lowest BCUT2D eigenvalue weighted by Crippen LogP contribution is -2.24. The highest BCUT2D eigenvalue weighted by Crippen LogP contribution is 2.29. The SMILES string of the molecule is FC(F)(F)C1CCNC1.N. The zero-order chi connectivity index (χ0) is 6.91. The Morgan fingerprint density at radius 2 is 1.90 bits per heavy atom. The van der Waals surface area contributed by atoms with Crippen LogP contribution in [0.5, 0.6) is 0 Å². The highest BCUT2D eigenvalue weighted by Gasteiger charge is 2.40. The van der Waals surface area contributed by atoms with Crippen LogP contribution in [0.1, 0.15) is 6.42 Å². The molecule has 0 aliphatic carbocycles. The van der Waals surface area contributed by atoms with Crippen molar-refractivity contribution in [3.05, 3.63) is 0 Å². The lowest BCUT2D eigenvalue weighted by molar-refractivity contribution is -0.168. The lowest BCUT2D eigenvalue weighted by atomic mass is 10.1. The Bertz CT molecular complexity index is 95.6. The quantitative estimate of drug-likeness (QED) is 0.555. The van der Waals surface area contributed by atoms with Crippen LogP contribution in [-0.4, -0.2) is 19.3 Å². The smallest absolute Gasteiger partial charge is 0.344 e. The summed E-state index contributed by atoms with van der Waals surface area (Å²) in [4.78, 5) is 0. The van der Waals surface area contributed by atoms with E-state index in [9.17, 15) is 13.2 Å². The minimum atomic E-state index is -3.98. The molecule has 0 amide bonds. The Morgan fingerprint density at radius 1 is 1.30 bits per heavy atom. The van der Waals surface area contributed by atoms with E-state index < -0.39 is 12.1 Å². The van der Waals surface area contributed by atoms with E-state index in [1.807, 2.05) is 0 Å². The molecule has 0 aromatic rings. The van der Waals surface area contributed by atoms with Crippen LogP contribution >= 0.6 is 0 Å². The van der Waals surface area contributed by atoms with Gasteiger partial charge in [0, 0.05) is 6.54 Å². The number of nitrogens with one attached hydrogen (secondary N) is 1. The monoisotopic (exact) mass is 156 g/mol. The number of hydrogen-bond acceptors (Lipinski definition) is 2. The molecular weight excluding hydrogens is 145 g/mol. The predicted octanol–water partition coefficient (Wildman–Crippen LogP) is 1.32. The fraction of sp³-hybridized carbons (Fsp3) is 1.00. The number of halogens is 3. The predicted molar refractivity (Wildman–Crippen MR) is 32.1 cm³/mol.